The zero-order valence-electron chi connectivity index (χ0n) is 11.3. The maximum absolute atomic E-state index is 6.30. The summed E-state index contributed by atoms with van der Waals surface area (Å²) in [6.07, 6.45) is 0.851. The maximum atomic E-state index is 6.30. The van der Waals surface area contributed by atoms with Gasteiger partial charge in [-0.25, -0.2) is 0 Å². The molecule has 0 aliphatic heterocycles. The van der Waals surface area contributed by atoms with Gasteiger partial charge in [0, 0.05) is 15.9 Å². The zero-order chi connectivity index (χ0) is 14.7. The third kappa shape index (κ3) is 3.69. The van der Waals surface area contributed by atoms with E-state index in [9.17, 15) is 0 Å². The molecule has 0 spiro atoms. The van der Waals surface area contributed by atoms with Crippen LogP contribution in [0.3, 0.4) is 0 Å². The molecule has 0 aliphatic carbocycles. The van der Waals surface area contributed by atoms with Crippen LogP contribution in [0.15, 0.2) is 36.4 Å². The van der Waals surface area contributed by atoms with E-state index in [4.69, 9.17) is 27.9 Å². The molecule has 0 amide bonds. The molecule has 1 nitrogen and oxygen atoms in total. The van der Waals surface area contributed by atoms with E-state index in [-0.39, 0.29) is 4.83 Å². The van der Waals surface area contributed by atoms with Gasteiger partial charge in [0.2, 0.25) is 0 Å². The molecule has 2 aromatic carbocycles. The summed E-state index contributed by atoms with van der Waals surface area (Å²) in [5.74, 6) is 0.593. The largest absolute Gasteiger partial charge is 0.495 e. The molecule has 1 unspecified atom stereocenters. The van der Waals surface area contributed by atoms with Crippen molar-refractivity contribution in [2.24, 2.45) is 0 Å². The monoisotopic (exact) mass is 372 g/mol. The second-order valence-corrected chi connectivity index (χ2v) is 6.59. The van der Waals surface area contributed by atoms with E-state index < -0.39 is 0 Å². The average Bonchev–Trinajstić information content (AvgIpc) is 2.40. The van der Waals surface area contributed by atoms with Crippen LogP contribution in [0.1, 0.15) is 21.5 Å². The molecule has 2 aromatic rings. The fraction of sp³-hybridized carbons (Fsp3) is 0.250. The molecule has 0 N–H and O–H groups in total. The highest BCUT2D eigenvalue weighted by atomic mass is 79.9. The Kier molecular flexibility index (Phi) is 5.36. The van der Waals surface area contributed by atoms with Crippen molar-refractivity contribution in [2.75, 3.05) is 7.11 Å². The highest BCUT2D eigenvalue weighted by Crippen LogP contribution is 2.38. The minimum absolute atomic E-state index is 0.111. The smallest absolute Gasteiger partial charge is 0.138 e. The number of benzene rings is 2. The summed E-state index contributed by atoms with van der Waals surface area (Å²) in [4.78, 5) is 0.111. The number of alkyl halides is 1. The summed E-state index contributed by atoms with van der Waals surface area (Å²) in [7, 11) is 1.58. The Bertz CT molecular complexity index is 613. The standard InChI is InChI=1S/C16H15BrCl2O/c1-10-4-3-5-11(6-10)7-13(17)12-8-15(19)16(20-2)9-14(12)18/h3-6,8-9,13H,7H2,1-2H3. The van der Waals surface area contributed by atoms with Gasteiger partial charge in [0.15, 0.2) is 0 Å². The van der Waals surface area contributed by atoms with E-state index in [0.29, 0.717) is 15.8 Å². The molecule has 20 heavy (non-hydrogen) atoms. The van der Waals surface area contributed by atoms with Gasteiger partial charge in [0.05, 0.1) is 12.1 Å². The lowest BCUT2D eigenvalue weighted by Crippen LogP contribution is -1.98. The molecule has 106 valence electrons. The maximum Gasteiger partial charge on any atom is 0.138 e. The van der Waals surface area contributed by atoms with E-state index in [1.807, 2.05) is 6.07 Å². The van der Waals surface area contributed by atoms with Gasteiger partial charge in [-0.05, 0) is 30.5 Å². The molecule has 0 aromatic heterocycles. The van der Waals surface area contributed by atoms with E-state index in [1.54, 1.807) is 13.2 Å². The van der Waals surface area contributed by atoms with E-state index in [2.05, 4.69) is 47.1 Å². The number of aryl methyl sites for hydroxylation is 1. The molecule has 2 rings (SSSR count). The van der Waals surface area contributed by atoms with Crippen LogP contribution in [-0.2, 0) is 6.42 Å². The first-order chi connectivity index (χ1) is 9.51. The van der Waals surface area contributed by atoms with Crippen LogP contribution in [0.2, 0.25) is 10.0 Å². The van der Waals surface area contributed by atoms with Gasteiger partial charge < -0.3 is 4.74 Å². The van der Waals surface area contributed by atoms with Crippen molar-refractivity contribution in [3.8, 4) is 5.75 Å². The van der Waals surface area contributed by atoms with Gasteiger partial charge in [0.25, 0.3) is 0 Å². The third-order valence-corrected chi connectivity index (χ3v) is 4.55. The van der Waals surface area contributed by atoms with Crippen LogP contribution in [0.5, 0.6) is 5.75 Å². The number of hydrogen-bond donors (Lipinski definition) is 0. The first-order valence-corrected chi connectivity index (χ1v) is 7.91. The quantitative estimate of drug-likeness (QED) is 0.598. The number of hydrogen-bond acceptors (Lipinski definition) is 1. The van der Waals surface area contributed by atoms with Gasteiger partial charge in [-0.2, -0.15) is 0 Å². The molecule has 0 fully saturated rings. The first kappa shape index (κ1) is 15.7. The number of halogens is 3. The second-order valence-electron chi connectivity index (χ2n) is 4.67. The molecule has 4 heteroatoms. The van der Waals surface area contributed by atoms with Crippen LogP contribution < -0.4 is 4.74 Å². The van der Waals surface area contributed by atoms with Crippen molar-refractivity contribution in [2.45, 2.75) is 18.2 Å². The Morgan fingerprint density at radius 3 is 2.55 bits per heavy atom. The van der Waals surface area contributed by atoms with Gasteiger partial charge in [-0.1, -0.05) is 69.0 Å². The predicted octanol–water partition coefficient (Wildman–Crippen LogP) is 5.99. The summed E-state index contributed by atoms with van der Waals surface area (Å²) in [5.41, 5.74) is 3.48. The van der Waals surface area contributed by atoms with E-state index >= 15 is 0 Å². The Morgan fingerprint density at radius 2 is 1.90 bits per heavy atom. The van der Waals surface area contributed by atoms with Crippen LogP contribution in [0, 0.1) is 6.92 Å². The summed E-state index contributed by atoms with van der Waals surface area (Å²) in [6, 6.07) is 12.0. The van der Waals surface area contributed by atoms with Crippen molar-refractivity contribution in [3.63, 3.8) is 0 Å². The van der Waals surface area contributed by atoms with Crippen LogP contribution >= 0.6 is 39.1 Å². The van der Waals surface area contributed by atoms with Crippen LogP contribution in [0.25, 0.3) is 0 Å². The van der Waals surface area contributed by atoms with Gasteiger partial charge in [-0.15, -0.1) is 0 Å². The normalized spacial score (nSPS) is 12.2. The second kappa shape index (κ2) is 6.84. The van der Waals surface area contributed by atoms with Crippen molar-refractivity contribution in [1.29, 1.82) is 0 Å². The molecule has 0 radical (unpaired) electrons. The van der Waals surface area contributed by atoms with E-state index in [1.165, 1.54) is 11.1 Å². The Balaban J connectivity index is 2.25. The summed E-state index contributed by atoms with van der Waals surface area (Å²) in [5, 5.41) is 1.22. The molecular formula is C16H15BrCl2O. The van der Waals surface area contributed by atoms with Crippen LogP contribution in [0.4, 0.5) is 0 Å². The van der Waals surface area contributed by atoms with Gasteiger partial charge >= 0.3 is 0 Å². The molecule has 0 heterocycles. The number of methoxy groups -OCH3 is 1. The SMILES string of the molecule is COc1cc(Cl)c(C(Br)Cc2cccc(C)c2)cc1Cl. The summed E-state index contributed by atoms with van der Waals surface area (Å²) >= 11 is 16.2. The zero-order valence-corrected chi connectivity index (χ0v) is 14.4. The minimum Gasteiger partial charge on any atom is -0.495 e. The third-order valence-electron chi connectivity index (χ3n) is 3.11. The lowest BCUT2D eigenvalue weighted by molar-refractivity contribution is 0.415. The van der Waals surface area contributed by atoms with Gasteiger partial charge in [-0.3, -0.25) is 0 Å². The molecule has 1 atom stereocenters. The number of rotatable bonds is 4. The molecular weight excluding hydrogens is 359 g/mol. The van der Waals surface area contributed by atoms with Crippen LogP contribution in [-0.4, -0.2) is 7.11 Å². The molecule has 0 saturated heterocycles. The number of ether oxygens (including phenoxy) is 1. The highest BCUT2D eigenvalue weighted by Gasteiger charge is 2.15. The molecule has 0 bridgehead atoms. The van der Waals surface area contributed by atoms with Gasteiger partial charge in [0.1, 0.15) is 5.75 Å². The summed E-state index contributed by atoms with van der Waals surface area (Å²) < 4.78 is 5.16. The fourth-order valence-electron chi connectivity index (χ4n) is 2.10. The first-order valence-electron chi connectivity index (χ1n) is 6.24. The summed E-state index contributed by atoms with van der Waals surface area (Å²) in [6.45, 7) is 2.09. The lowest BCUT2D eigenvalue weighted by atomic mass is 10.0. The molecule has 0 aliphatic rings. The van der Waals surface area contributed by atoms with E-state index in [0.717, 1.165) is 12.0 Å². The Hall–Kier alpha value is -0.700. The average molecular weight is 374 g/mol. The highest BCUT2D eigenvalue weighted by molar-refractivity contribution is 9.09. The fourth-order valence-corrected chi connectivity index (χ4v) is 3.52. The predicted molar refractivity (Wildman–Crippen MR) is 89.6 cm³/mol. The Labute approximate surface area is 138 Å². The lowest BCUT2D eigenvalue weighted by Gasteiger charge is -2.14. The van der Waals surface area contributed by atoms with Crippen molar-refractivity contribution < 1.29 is 4.74 Å². The minimum atomic E-state index is 0.111. The van der Waals surface area contributed by atoms with Crippen molar-refractivity contribution >= 4 is 39.1 Å². The Morgan fingerprint density at radius 1 is 1.15 bits per heavy atom. The topological polar surface area (TPSA) is 9.23 Å². The van der Waals surface area contributed by atoms with Crippen molar-refractivity contribution in [1.82, 2.24) is 0 Å². The molecule has 0 saturated carbocycles. The van der Waals surface area contributed by atoms with Crippen molar-refractivity contribution in [3.05, 3.63) is 63.1 Å².